The lowest BCUT2D eigenvalue weighted by Gasteiger charge is -2.20. The first-order valence-electron chi connectivity index (χ1n) is 7.54. The van der Waals surface area contributed by atoms with Crippen molar-refractivity contribution >= 4 is 46.3 Å². The number of rotatable bonds is 2. The zero-order valence-electron chi connectivity index (χ0n) is 14.0. The molecule has 0 N–H and O–H groups in total. The van der Waals surface area contributed by atoms with Crippen LogP contribution in [0.25, 0.3) is 28.3 Å². The molecule has 130 valence electrons. The number of fused-ring (bicyclic) bond motifs is 1. The van der Waals surface area contributed by atoms with Crippen LogP contribution in [0, 0.1) is 0 Å². The molecule has 0 unspecified atom stereocenters. The number of ether oxygens (including phenoxy) is 1. The van der Waals surface area contributed by atoms with E-state index in [-0.39, 0.29) is 22.0 Å². The second kappa shape index (κ2) is 6.24. The van der Waals surface area contributed by atoms with Crippen LogP contribution in [0.5, 0.6) is 0 Å². The molecule has 1 aromatic carbocycles. The van der Waals surface area contributed by atoms with Gasteiger partial charge in [-0.05, 0) is 32.9 Å². The van der Waals surface area contributed by atoms with Crippen LogP contribution in [0.1, 0.15) is 26.7 Å². The largest absolute Gasteiger partial charge is 0.443 e. The topological polar surface area (TPSA) is 57.3 Å². The highest BCUT2D eigenvalue weighted by Gasteiger charge is 2.28. The lowest BCUT2D eigenvalue weighted by Crippen LogP contribution is -2.27. The fourth-order valence-electron chi connectivity index (χ4n) is 2.47. The third-order valence-corrected chi connectivity index (χ3v) is 4.01. The highest BCUT2D eigenvalue weighted by atomic mass is 35.5. The molecule has 3 rings (SSSR count). The van der Waals surface area contributed by atoms with Crippen LogP contribution in [0.15, 0.2) is 35.3 Å². The molecule has 2 aromatic heterocycles. The molecule has 5 nitrogen and oxygen atoms in total. The Labute approximate surface area is 154 Å². The van der Waals surface area contributed by atoms with Gasteiger partial charge >= 0.3 is 6.09 Å². The molecule has 0 saturated carbocycles. The minimum Gasteiger partial charge on any atom is -0.443 e. The summed E-state index contributed by atoms with van der Waals surface area (Å²) in [6.07, 6.45) is 0.857. The van der Waals surface area contributed by atoms with Gasteiger partial charge in [0.05, 0.1) is 11.1 Å². The molecular weight excluding hydrogens is 363 g/mol. The first kappa shape index (κ1) is 17.6. The summed E-state index contributed by atoms with van der Waals surface area (Å²) in [5, 5.41) is 0.986. The first-order valence-corrected chi connectivity index (χ1v) is 8.30. The Morgan fingerprint density at radius 2 is 2.00 bits per heavy atom. The molecule has 25 heavy (non-hydrogen) atoms. The van der Waals surface area contributed by atoms with Gasteiger partial charge in [0.15, 0.2) is 10.9 Å². The van der Waals surface area contributed by atoms with Crippen molar-refractivity contribution in [3.63, 3.8) is 0 Å². The first-order chi connectivity index (χ1) is 11.7. The summed E-state index contributed by atoms with van der Waals surface area (Å²) in [7, 11) is 0. The van der Waals surface area contributed by atoms with Crippen LogP contribution in [0.3, 0.4) is 0 Å². The molecule has 0 aliphatic carbocycles. The van der Waals surface area contributed by atoms with Crippen molar-refractivity contribution in [1.29, 1.82) is 0 Å². The molecular formula is C18H16Cl2N2O3. The maximum absolute atomic E-state index is 12.6. The van der Waals surface area contributed by atoms with E-state index in [1.54, 1.807) is 32.9 Å². The minimum atomic E-state index is -0.661. The summed E-state index contributed by atoms with van der Waals surface area (Å²) in [6.45, 7) is 8.97. The number of oxazole rings is 1. The van der Waals surface area contributed by atoms with E-state index < -0.39 is 11.7 Å². The Hall–Kier alpha value is -2.24. The number of halogens is 2. The molecule has 0 radical (unpaired) electrons. The molecule has 3 aromatic rings. The molecule has 0 atom stereocenters. The second-order valence-corrected chi connectivity index (χ2v) is 7.09. The Kier molecular flexibility index (Phi) is 4.39. The van der Waals surface area contributed by atoms with E-state index in [0.29, 0.717) is 16.5 Å². The predicted molar refractivity (Wildman–Crippen MR) is 99.2 cm³/mol. The Balaban J connectivity index is 2.27. The summed E-state index contributed by atoms with van der Waals surface area (Å²) in [6, 6.07) is 7.23. The summed E-state index contributed by atoms with van der Waals surface area (Å²) < 4.78 is 12.4. The van der Waals surface area contributed by atoms with Crippen molar-refractivity contribution in [3.8, 4) is 11.3 Å². The maximum atomic E-state index is 12.6. The standard InChI is InChI=1S/C18H16Cl2N2O3/c1-5-12-21-15(19)14(24-12)13-10-8-6-7-9-11(10)22(16(13)20)17(23)25-18(2,3)4/h5-9H,1H2,2-4H3. The number of benzene rings is 1. The van der Waals surface area contributed by atoms with E-state index >= 15 is 0 Å². The molecule has 0 amide bonds. The molecule has 2 heterocycles. The average molecular weight is 379 g/mol. The number of carbonyl (C=O) groups is 1. The third kappa shape index (κ3) is 3.17. The number of nitrogens with zero attached hydrogens (tertiary/aromatic N) is 2. The number of para-hydroxylation sites is 1. The van der Waals surface area contributed by atoms with Gasteiger partial charge in [0.1, 0.15) is 10.8 Å². The van der Waals surface area contributed by atoms with Crippen LogP contribution in [0.4, 0.5) is 4.79 Å². The molecule has 0 bridgehead atoms. The molecule has 7 heteroatoms. The van der Waals surface area contributed by atoms with E-state index in [1.165, 1.54) is 10.6 Å². The average Bonchev–Trinajstić information content (AvgIpc) is 3.02. The van der Waals surface area contributed by atoms with Gasteiger partial charge in [0, 0.05) is 5.39 Å². The maximum Gasteiger partial charge on any atom is 0.420 e. The molecule has 0 aliphatic rings. The van der Waals surface area contributed by atoms with E-state index in [2.05, 4.69) is 11.6 Å². The van der Waals surface area contributed by atoms with Crippen LogP contribution in [-0.4, -0.2) is 21.2 Å². The second-order valence-electron chi connectivity index (χ2n) is 6.37. The van der Waals surface area contributed by atoms with E-state index in [1.807, 2.05) is 12.1 Å². The van der Waals surface area contributed by atoms with Gasteiger partial charge in [-0.3, -0.25) is 0 Å². The quantitative estimate of drug-likeness (QED) is 0.546. The van der Waals surface area contributed by atoms with Crippen LogP contribution in [0.2, 0.25) is 10.3 Å². The van der Waals surface area contributed by atoms with Crippen molar-refractivity contribution in [3.05, 3.63) is 47.0 Å². The van der Waals surface area contributed by atoms with Crippen LogP contribution >= 0.6 is 23.2 Å². The zero-order valence-corrected chi connectivity index (χ0v) is 15.5. The van der Waals surface area contributed by atoms with Gasteiger partial charge in [0.2, 0.25) is 5.89 Å². The normalized spacial score (nSPS) is 11.7. The fraction of sp³-hybridized carbons (Fsp3) is 0.222. The third-order valence-electron chi connectivity index (χ3n) is 3.40. The van der Waals surface area contributed by atoms with Crippen molar-refractivity contribution in [2.45, 2.75) is 26.4 Å². The van der Waals surface area contributed by atoms with Gasteiger partial charge in [-0.1, -0.05) is 48.0 Å². The molecule has 0 fully saturated rings. The molecule has 0 spiro atoms. The van der Waals surface area contributed by atoms with Crippen LogP contribution < -0.4 is 0 Å². The minimum absolute atomic E-state index is 0.142. The summed E-state index contributed by atoms with van der Waals surface area (Å²) in [4.78, 5) is 16.7. The monoisotopic (exact) mass is 378 g/mol. The summed E-state index contributed by atoms with van der Waals surface area (Å²) in [5.41, 5.74) is 0.407. The van der Waals surface area contributed by atoms with E-state index in [4.69, 9.17) is 32.4 Å². The lowest BCUT2D eigenvalue weighted by molar-refractivity contribution is 0.0545. The van der Waals surface area contributed by atoms with Crippen molar-refractivity contribution in [2.75, 3.05) is 0 Å². The summed E-state index contributed by atoms with van der Waals surface area (Å²) >= 11 is 12.7. The highest BCUT2D eigenvalue weighted by Crippen LogP contribution is 2.41. The van der Waals surface area contributed by atoms with Gasteiger partial charge < -0.3 is 9.15 Å². The Bertz CT molecular complexity index is 980. The predicted octanol–water partition coefficient (Wildman–Crippen LogP) is 6.03. The lowest BCUT2D eigenvalue weighted by atomic mass is 10.1. The smallest absolute Gasteiger partial charge is 0.420 e. The number of hydrogen-bond donors (Lipinski definition) is 0. The Morgan fingerprint density at radius 3 is 2.60 bits per heavy atom. The van der Waals surface area contributed by atoms with E-state index in [0.717, 1.165) is 0 Å². The van der Waals surface area contributed by atoms with Crippen molar-refractivity contribution in [2.24, 2.45) is 0 Å². The van der Waals surface area contributed by atoms with Gasteiger partial charge in [0.25, 0.3) is 0 Å². The van der Waals surface area contributed by atoms with Crippen molar-refractivity contribution in [1.82, 2.24) is 9.55 Å². The highest BCUT2D eigenvalue weighted by molar-refractivity contribution is 6.38. The van der Waals surface area contributed by atoms with Gasteiger partial charge in [-0.25, -0.2) is 9.36 Å². The molecule has 0 saturated heterocycles. The number of aromatic nitrogens is 2. The van der Waals surface area contributed by atoms with E-state index in [9.17, 15) is 4.79 Å². The number of carbonyl (C=O) groups excluding carboxylic acids is 1. The fourth-order valence-corrected chi connectivity index (χ4v) is 3.03. The van der Waals surface area contributed by atoms with Gasteiger partial charge in [-0.2, -0.15) is 4.98 Å². The molecule has 0 aliphatic heterocycles. The van der Waals surface area contributed by atoms with Crippen LogP contribution in [-0.2, 0) is 4.74 Å². The Morgan fingerprint density at radius 1 is 1.32 bits per heavy atom. The van der Waals surface area contributed by atoms with Crippen molar-refractivity contribution < 1.29 is 13.9 Å². The van der Waals surface area contributed by atoms with Gasteiger partial charge in [-0.15, -0.1) is 0 Å². The zero-order chi connectivity index (χ0) is 18.4. The SMILES string of the molecule is C=Cc1nc(Cl)c(-c2c(Cl)n(C(=O)OC(C)(C)C)c3ccccc23)o1. The number of hydrogen-bond acceptors (Lipinski definition) is 4. The summed E-state index contributed by atoms with van der Waals surface area (Å²) in [5.74, 6) is 0.547.